The van der Waals surface area contributed by atoms with Crippen LogP contribution in [0, 0.1) is 10.5 Å². The molecule has 0 aromatic heterocycles. The number of hydrogen-bond donors (Lipinski definition) is 0. The first kappa shape index (κ1) is 13.4. The fourth-order valence-electron chi connectivity index (χ4n) is 2.29. The van der Waals surface area contributed by atoms with E-state index >= 15 is 0 Å². The monoisotopic (exact) mass is 370 g/mol. The van der Waals surface area contributed by atoms with Crippen LogP contribution in [0.3, 0.4) is 0 Å². The van der Waals surface area contributed by atoms with Crippen LogP contribution in [0.25, 0.3) is 22.3 Å². The summed E-state index contributed by atoms with van der Waals surface area (Å²) in [6, 6.07) is 25.9. The van der Waals surface area contributed by atoms with E-state index in [1.54, 1.807) is 0 Å². The van der Waals surface area contributed by atoms with Crippen LogP contribution in [0.2, 0.25) is 0 Å². The van der Waals surface area contributed by atoms with Gasteiger partial charge < -0.3 is 0 Å². The van der Waals surface area contributed by atoms with Crippen LogP contribution in [-0.2, 0) is 0 Å². The van der Waals surface area contributed by atoms with Gasteiger partial charge in [-0.2, -0.15) is 0 Å². The Labute approximate surface area is 133 Å². The van der Waals surface area contributed by atoms with Crippen molar-refractivity contribution in [2.24, 2.45) is 0 Å². The number of aryl methyl sites for hydroxylation is 1. The van der Waals surface area contributed by atoms with E-state index in [1.807, 2.05) is 0 Å². The van der Waals surface area contributed by atoms with Gasteiger partial charge in [0.05, 0.1) is 0 Å². The molecule has 0 radical (unpaired) electrons. The van der Waals surface area contributed by atoms with Crippen LogP contribution in [0.5, 0.6) is 0 Å². The second-order valence-electron chi connectivity index (χ2n) is 4.93. The highest BCUT2D eigenvalue weighted by Gasteiger charge is 2.05. The molecule has 0 N–H and O–H groups in total. The van der Waals surface area contributed by atoms with Crippen molar-refractivity contribution in [3.8, 4) is 22.3 Å². The SMILES string of the molecule is Cc1ccc(-c2ccc(I)c(-c3ccccc3)c2)cc1. The van der Waals surface area contributed by atoms with Crippen molar-refractivity contribution in [2.75, 3.05) is 0 Å². The summed E-state index contributed by atoms with van der Waals surface area (Å²) in [6.45, 7) is 2.12. The zero-order valence-electron chi connectivity index (χ0n) is 11.3. The summed E-state index contributed by atoms with van der Waals surface area (Å²) in [7, 11) is 0. The van der Waals surface area contributed by atoms with E-state index < -0.39 is 0 Å². The average molecular weight is 370 g/mol. The molecule has 0 fully saturated rings. The van der Waals surface area contributed by atoms with Crippen molar-refractivity contribution in [1.82, 2.24) is 0 Å². The smallest absolute Gasteiger partial charge is 0.0209 e. The van der Waals surface area contributed by atoms with Crippen molar-refractivity contribution >= 4 is 22.6 Å². The molecule has 0 unspecified atom stereocenters. The molecule has 3 rings (SSSR count). The molecule has 98 valence electrons. The fraction of sp³-hybridized carbons (Fsp3) is 0.0526. The zero-order valence-corrected chi connectivity index (χ0v) is 13.5. The van der Waals surface area contributed by atoms with E-state index in [2.05, 4.69) is 102 Å². The molecule has 0 saturated heterocycles. The van der Waals surface area contributed by atoms with E-state index in [1.165, 1.54) is 31.4 Å². The van der Waals surface area contributed by atoms with Crippen molar-refractivity contribution in [2.45, 2.75) is 6.92 Å². The molecule has 0 heterocycles. The molecule has 0 saturated carbocycles. The van der Waals surface area contributed by atoms with Gasteiger partial charge in [0.25, 0.3) is 0 Å². The van der Waals surface area contributed by atoms with E-state index in [-0.39, 0.29) is 0 Å². The lowest BCUT2D eigenvalue weighted by Crippen LogP contribution is -1.85. The van der Waals surface area contributed by atoms with Crippen LogP contribution in [0.15, 0.2) is 72.8 Å². The Bertz CT molecular complexity index is 713. The van der Waals surface area contributed by atoms with Gasteiger partial charge in [0.15, 0.2) is 0 Å². The number of rotatable bonds is 2. The topological polar surface area (TPSA) is 0 Å². The van der Waals surface area contributed by atoms with Gasteiger partial charge in [-0.05, 0) is 63.9 Å². The maximum absolute atomic E-state index is 2.41. The quantitative estimate of drug-likeness (QED) is 0.490. The van der Waals surface area contributed by atoms with Gasteiger partial charge in [-0.3, -0.25) is 0 Å². The van der Waals surface area contributed by atoms with E-state index in [9.17, 15) is 0 Å². The molecule has 0 spiro atoms. The maximum atomic E-state index is 2.41. The molecule has 1 heteroatoms. The Morgan fingerprint density at radius 3 is 2.00 bits per heavy atom. The van der Waals surface area contributed by atoms with Crippen LogP contribution in [0.4, 0.5) is 0 Å². The average Bonchev–Trinajstić information content (AvgIpc) is 2.50. The lowest BCUT2D eigenvalue weighted by atomic mass is 9.98. The van der Waals surface area contributed by atoms with E-state index in [4.69, 9.17) is 0 Å². The summed E-state index contributed by atoms with van der Waals surface area (Å²) in [6.07, 6.45) is 0. The molecular weight excluding hydrogens is 355 g/mol. The van der Waals surface area contributed by atoms with Gasteiger partial charge >= 0.3 is 0 Å². The minimum Gasteiger partial charge on any atom is -0.0622 e. The molecule has 0 aliphatic heterocycles. The summed E-state index contributed by atoms with van der Waals surface area (Å²) in [5.41, 5.74) is 6.39. The van der Waals surface area contributed by atoms with E-state index in [0.717, 1.165) is 0 Å². The van der Waals surface area contributed by atoms with Gasteiger partial charge in [-0.25, -0.2) is 0 Å². The highest BCUT2D eigenvalue weighted by Crippen LogP contribution is 2.30. The van der Waals surface area contributed by atoms with Crippen molar-refractivity contribution in [1.29, 1.82) is 0 Å². The molecule has 3 aromatic carbocycles. The zero-order chi connectivity index (χ0) is 13.9. The minimum atomic E-state index is 1.27. The first-order valence-corrected chi connectivity index (χ1v) is 7.74. The van der Waals surface area contributed by atoms with Gasteiger partial charge in [0.2, 0.25) is 0 Å². The predicted octanol–water partition coefficient (Wildman–Crippen LogP) is 5.93. The largest absolute Gasteiger partial charge is 0.0622 e. The Morgan fingerprint density at radius 1 is 0.650 bits per heavy atom. The molecular formula is C19H15I. The summed E-state index contributed by atoms with van der Waals surface area (Å²) < 4.78 is 1.28. The Balaban J connectivity index is 2.09. The maximum Gasteiger partial charge on any atom is 0.0209 e. The summed E-state index contributed by atoms with van der Waals surface area (Å²) in [5, 5.41) is 0. The third-order valence-electron chi connectivity index (χ3n) is 3.44. The lowest BCUT2D eigenvalue weighted by Gasteiger charge is -2.09. The lowest BCUT2D eigenvalue weighted by molar-refractivity contribution is 1.47. The molecule has 0 aliphatic rings. The Hall–Kier alpha value is -1.61. The third-order valence-corrected chi connectivity index (χ3v) is 4.38. The van der Waals surface area contributed by atoms with Crippen LogP contribution >= 0.6 is 22.6 Å². The molecule has 0 atom stereocenters. The first-order valence-electron chi connectivity index (χ1n) is 6.66. The van der Waals surface area contributed by atoms with Crippen molar-refractivity contribution in [3.05, 3.63) is 81.9 Å². The van der Waals surface area contributed by atoms with Gasteiger partial charge in [0, 0.05) is 3.57 Å². The standard InChI is InChI=1S/C19H15I/c1-14-7-9-15(10-8-14)17-11-12-19(20)18(13-17)16-5-3-2-4-6-16/h2-13H,1H3. The van der Waals surface area contributed by atoms with Gasteiger partial charge in [-0.1, -0.05) is 66.2 Å². The molecule has 0 bridgehead atoms. The number of benzene rings is 3. The van der Waals surface area contributed by atoms with Crippen LogP contribution < -0.4 is 0 Å². The molecule has 0 aliphatic carbocycles. The number of hydrogen-bond acceptors (Lipinski definition) is 0. The van der Waals surface area contributed by atoms with Gasteiger partial charge in [0.1, 0.15) is 0 Å². The first-order chi connectivity index (χ1) is 9.74. The highest BCUT2D eigenvalue weighted by atomic mass is 127. The second kappa shape index (κ2) is 5.80. The predicted molar refractivity (Wildman–Crippen MR) is 94.8 cm³/mol. The van der Waals surface area contributed by atoms with E-state index in [0.29, 0.717) is 0 Å². The molecule has 20 heavy (non-hydrogen) atoms. The van der Waals surface area contributed by atoms with Crippen LogP contribution in [-0.4, -0.2) is 0 Å². The summed E-state index contributed by atoms with van der Waals surface area (Å²) >= 11 is 2.41. The summed E-state index contributed by atoms with van der Waals surface area (Å²) in [4.78, 5) is 0. The highest BCUT2D eigenvalue weighted by molar-refractivity contribution is 14.1. The molecule has 0 nitrogen and oxygen atoms in total. The normalized spacial score (nSPS) is 10.5. The molecule has 3 aromatic rings. The van der Waals surface area contributed by atoms with Crippen molar-refractivity contribution < 1.29 is 0 Å². The fourth-order valence-corrected chi connectivity index (χ4v) is 2.94. The van der Waals surface area contributed by atoms with Crippen molar-refractivity contribution in [3.63, 3.8) is 0 Å². The molecule has 0 amide bonds. The Morgan fingerprint density at radius 2 is 1.30 bits per heavy atom. The Kier molecular flexibility index (Phi) is 3.88. The summed E-state index contributed by atoms with van der Waals surface area (Å²) in [5.74, 6) is 0. The number of halogens is 1. The second-order valence-corrected chi connectivity index (χ2v) is 6.09. The van der Waals surface area contributed by atoms with Crippen LogP contribution in [0.1, 0.15) is 5.56 Å². The minimum absolute atomic E-state index is 1.27. The van der Waals surface area contributed by atoms with Gasteiger partial charge in [-0.15, -0.1) is 0 Å². The third kappa shape index (κ3) is 2.78.